The number of rotatable bonds is 19. The molecule has 28 heteroatoms. The summed E-state index contributed by atoms with van der Waals surface area (Å²) in [6.07, 6.45) is -0.252. The first-order valence-electron chi connectivity index (χ1n) is 23.4. The summed E-state index contributed by atoms with van der Waals surface area (Å²) < 4.78 is 147. The Hall–Kier alpha value is -8.61. The van der Waals surface area contributed by atoms with Gasteiger partial charge in [-0.15, -0.1) is 10.2 Å². The highest BCUT2D eigenvalue weighted by molar-refractivity contribution is 7.86. The number of nitrogens with zero attached hydrogens (tertiary/aromatic N) is 6. The van der Waals surface area contributed by atoms with Crippen LogP contribution < -0.4 is 20.1 Å². The molecule has 0 saturated carbocycles. The van der Waals surface area contributed by atoms with E-state index in [1.54, 1.807) is 69.3 Å². The molecule has 8 aromatic carbocycles. The summed E-state index contributed by atoms with van der Waals surface area (Å²) in [6, 6.07) is 31.4. The van der Waals surface area contributed by atoms with Gasteiger partial charge < -0.3 is 25.2 Å². The maximum absolute atomic E-state index is 13.6. The first-order chi connectivity index (χ1) is 37.6. The number of para-hydroxylation sites is 1. The molecule has 1 amide bonds. The van der Waals surface area contributed by atoms with Crippen LogP contribution in [0.1, 0.15) is 33.5 Å². The van der Waals surface area contributed by atoms with Gasteiger partial charge >= 0.3 is 0 Å². The Bertz CT molecular complexity index is 4370. The molecule has 24 nitrogen and oxygen atoms in total. The standard InChI is InChI=1S/C52H46N8O16S4/c1-29-19-32(52(62)54-45-28-40-34(24-48(45)79(69,70)71)23-38(78(66,67)68)27-46(40)76-17-8-18-77(63,64)65)11-15-41(29)56-55-37-13-16-42(47(26-37)75-4)57-58-43-20-31(3)44(21-30(43)2)59-60-50-49(80(72,73)74)25-33-22-36(12-14-39(33)51(50)61)53-35-9-6-5-7-10-35/h5-7,9-16,19-28,53,61H,8,17-18H2,1-4H3,(H,54,62)(H,63,64,65)(H,66,67,68)(H,69,70,71)(H,72,73,74). The van der Waals surface area contributed by atoms with Crippen molar-refractivity contribution >= 4 is 119 Å². The van der Waals surface area contributed by atoms with Gasteiger partial charge in [-0.25, -0.2) is 0 Å². The third-order valence-corrected chi connectivity index (χ3v) is 15.3. The number of hydrogen-bond donors (Lipinski definition) is 7. The second kappa shape index (κ2) is 23.0. The largest absolute Gasteiger partial charge is 0.505 e. The molecule has 0 unspecified atom stereocenters. The third-order valence-electron chi connectivity index (χ3n) is 11.9. The highest BCUT2D eigenvalue weighted by Crippen LogP contribution is 2.44. The van der Waals surface area contributed by atoms with Crippen LogP contribution in [0.2, 0.25) is 0 Å². The maximum atomic E-state index is 13.6. The molecular formula is C52H46N8O16S4. The molecule has 0 atom stereocenters. The number of anilines is 3. The van der Waals surface area contributed by atoms with E-state index in [0.717, 1.165) is 30.0 Å². The van der Waals surface area contributed by atoms with Crippen LogP contribution in [0.5, 0.6) is 17.2 Å². The molecule has 0 radical (unpaired) electrons. The molecule has 0 heterocycles. The van der Waals surface area contributed by atoms with E-state index in [2.05, 4.69) is 41.3 Å². The molecule has 0 aliphatic rings. The Morgan fingerprint density at radius 2 is 1.16 bits per heavy atom. The molecule has 80 heavy (non-hydrogen) atoms. The highest BCUT2D eigenvalue weighted by atomic mass is 32.2. The lowest BCUT2D eigenvalue weighted by Gasteiger charge is -2.15. The zero-order valence-electron chi connectivity index (χ0n) is 42.3. The van der Waals surface area contributed by atoms with Gasteiger partial charge in [0, 0.05) is 39.8 Å². The molecule has 0 aliphatic carbocycles. The van der Waals surface area contributed by atoms with Crippen molar-refractivity contribution in [1.29, 1.82) is 0 Å². The fraction of sp³-hybridized carbons (Fsp3) is 0.135. The average Bonchev–Trinajstić information content (AvgIpc) is 3.57. The van der Waals surface area contributed by atoms with E-state index in [-0.39, 0.29) is 46.2 Å². The van der Waals surface area contributed by atoms with E-state index in [1.165, 1.54) is 31.4 Å². The van der Waals surface area contributed by atoms with Crippen LogP contribution in [0.15, 0.2) is 173 Å². The first-order valence-corrected chi connectivity index (χ1v) is 29.3. The van der Waals surface area contributed by atoms with Crippen molar-refractivity contribution < 1.29 is 71.3 Å². The fourth-order valence-electron chi connectivity index (χ4n) is 7.98. The minimum atomic E-state index is -5.10. The van der Waals surface area contributed by atoms with Crippen molar-refractivity contribution in [3.8, 4) is 17.2 Å². The number of azo groups is 3. The zero-order chi connectivity index (χ0) is 57.9. The van der Waals surface area contributed by atoms with Crippen molar-refractivity contribution in [3.63, 3.8) is 0 Å². The molecule has 0 aromatic heterocycles. The number of carbonyl (C=O) groups excluding carboxylic acids is 1. The van der Waals surface area contributed by atoms with E-state index in [9.17, 15) is 57.2 Å². The maximum Gasteiger partial charge on any atom is 0.296 e. The summed E-state index contributed by atoms with van der Waals surface area (Å²) >= 11 is 0. The van der Waals surface area contributed by atoms with E-state index in [1.807, 2.05) is 30.3 Å². The van der Waals surface area contributed by atoms with Crippen molar-refractivity contribution in [2.75, 3.05) is 30.1 Å². The normalized spacial score (nSPS) is 12.5. The van der Waals surface area contributed by atoms with Gasteiger partial charge in [0.1, 0.15) is 32.7 Å². The number of ether oxygens (including phenoxy) is 2. The summed E-state index contributed by atoms with van der Waals surface area (Å²) in [5, 5.41) is 43.0. The van der Waals surface area contributed by atoms with Crippen molar-refractivity contribution in [3.05, 3.63) is 150 Å². The Morgan fingerprint density at radius 1 is 0.550 bits per heavy atom. The molecular weight excluding hydrogens is 1120 g/mol. The summed E-state index contributed by atoms with van der Waals surface area (Å²) in [7, 11) is -17.8. The predicted octanol–water partition coefficient (Wildman–Crippen LogP) is 12.3. The number of methoxy groups -OCH3 is 1. The third kappa shape index (κ3) is 13.8. The molecule has 7 N–H and O–H groups in total. The molecule has 8 aromatic rings. The molecule has 0 saturated heterocycles. The molecule has 8 rings (SSSR count). The quantitative estimate of drug-likeness (QED) is 0.0225. The smallest absolute Gasteiger partial charge is 0.296 e. The molecule has 414 valence electrons. The van der Waals surface area contributed by atoms with Gasteiger partial charge in [-0.1, -0.05) is 18.2 Å². The highest BCUT2D eigenvalue weighted by Gasteiger charge is 2.25. The number of nitrogens with one attached hydrogen (secondary N) is 2. The molecule has 0 aliphatic heterocycles. The van der Waals surface area contributed by atoms with Crippen LogP contribution in [-0.2, 0) is 40.5 Å². The average molecular weight is 1170 g/mol. The van der Waals surface area contributed by atoms with Gasteiger partial charge in [-0.2, -0.15) is 54.1 Å². The monoisotopic (exact) mass is 1170 g/mol. The Labute approximate surface area is 457 Å². The van der Waals surface area contributed by atoms with Gasteiger partial charge in [-0.3, -0.25) is 23.0 Å². The number of fused-ring (bicyclic) bond motifs is 2. The number of carbonyl (C=O) groups is 1. The van der Waals surface area contributed by atoms with Crippen molar-refractivity contribution in [2.45, 2.75) is 41.9 Å². The number of hydrogen-bond acceptors (Lipinski definition) is 19. The molecule has 0 fully saturated rings. The lowest BCUT2D eigenvalue weighted by molar-refractivity contribution is 0.102. The predicted molar refractivity (Wildman–Crippen MR) is 296 cm³/mol. The van der Waals surface area contributed by atoms with Crippen molar-refractivity contribution in [1.82, 2.24) is 0 Å². The van der Waals surface area contributed by atoms with E-state index in [0.29, 0.717) is 56.2 Å². The Morgan fingerprint density at radius 3 is 1.80 bits per heavy atom. The fourth-order valence-corrected chi connectivity index (χ4v) is 10.3. The number of aromatic hydroxyl groups is 1. The van der Waals surface area contributed by atoms with Crippen molar-refractivity contribution in [2.24, 2.45) is 30.7 Å². The van der Waals surface area contributed by atoms with Gasteiger partial charge in [0.25, 0.3) is 46.4 Å². The Balaban J connectivity index is 0.974. The van der Waals surface area contributed by atoms with Crippen LogP contribution in [0.4, 0.5) is 51.2 Å². The van der Waals surface area contributed by atoms with Crippen LogP contribution in [0.3, 0.4) is 0 Å². The SMILES string of the molecule is COc1cc(N=Nc2ccc(C(=O)Nc3cc4c(OCCCS(=O)(=O)O)cc(S(=O)(=O)O)cc4cc3S(=O)(=O)O)cc2C)ccc1N=Nc1cc(C)c(N=Nc2c(S(=O)(=O)O)cc3cc(Nc4ccccc4)ccc3c2O)cc1C. The Kier molecular flexibility index (Phi) is 16.5. The minimum absolute atomic E-state index is 0.00881. The van der Waals surface area contributed by atoms with E-state index < -0.39 is 83.9 Å². The number of phenols is 1. The molecule has 0 spiro atoms. The lowest BCUT2D eigenvalue weighted by atomic mass is 10.1. The summed E-state index contributed by atoms with van der Waals surface area (Å²) in [6.45, 7) is 4.69. The second-order valence-corrected chi connectivity index (χ2v) is 23.5. The number of phenolic OH excluding ortho intramolecular Hbond substituents is 1. The van der Waals surface area contributed by atoms with Crippen LogP contribution in [-0.4, -0.2) is 82.4 Å². The molecule has 0 bridgehead atoms. The summed E-state index contributed by atoms with van der Waals surface area (Å²) in [4.78, 5) is 11.4. The van der Waals surface area contributed by atoms with Gasteiger partial charge in [0.05, 0.1) is 52.8 Å². The lowest BCUT2D eigenvalue weighted by Crippen LogP contribution is -2.15. The second-order valence-electron chi connectivity index (χ2n) is 17.7. The number of benzene rings is 8. The summed E-state index contributed by atoms with van der Waals surface area (Å²) in [5.41, 5.74) is 3.80. The zero-order valence-corrected chi connectivity index (χ0v) is 45.6. The van der Waals surface area contributed by atoms with E-state index >= 15 is 0 Å². The van der Waals surface area contributed by atoms with Gasteiger partial charge in [-0.05, 0) is 152 Å². The first kappa shape index (κ1) is 57.6. The van der Waals surface area contributed by atoms with E-state index in [4.69, 9.17) is 14.0 Å². The topological polar surface area (TPSA) is 371 Å². The van der Waals surface area contributed by atoms with Gasteiger partial charge in [0.15, 0.2) is 5.75 Å². The van der Waals surface area contributed by atoms with Crippen LogP contribution in [0, 0.1) is 20.8 Å². The number of amides is 1. The summed E-state index contributed by atoms with van der Waals surface area (Å²) in [5.74, 6) is -2.07. The minimum Gasteiger partial charge on any atom is -0.505 e. The number of aryl methyl sites for hydroxylation is 3. The van der Waals surface area contributed by atoms with Gasteiger partial charge in [0.2, 0.25) is 0 Å². The van der Waals surface area contributed by atoms with Crippen LogP contribution >= 0.6 is 0 Å². The van der Waals surface area contributed by atoms with Crippen LogP contribution in [0.25, 0.3) is 21.5 Å².